The van der Waals surface area contributed by atoms with E-state index in [9.17, 15) is 4.79 Å². The Balaban J connectivity index is 1.40. The summed E-state index contributed by atoms with van der Waals surface area (Å²) in [6.07, 6.45) is 3.43. The lowest BCUT2D eigenvalue weighted by Crippen LogP contribution is -2.20. The van der Waals surface area contributed by atoms with Crippen LogP contribution in [0.25, 0.3) is 22.4 Å². The van der Waals surface area contributed by atoms with E-state index in [0.717, 1.165) is 22.4 Å². The van der Waals surface area contributed by atoms with Crippen molar-refractivity contribution < 1.29 is 9.53 Å². The van der Waals surface area contributed by atoms with Crippen LogP contribution in [0.5, 0.6) is 5.75 Å². The van der Waals surface area contributed by atoms with E-state index in [1.807, 2.05) is 72.1 Å². The van der Waals surface area contributed by atoms with Gasteiger partial charge in [0.05, 0.1) is 5.69 Å². The summed E-state index contributed by atoms with van der Waals surface area (Å²) < 4.78 is 5.77. The molecule has 4 rings (SSSR count). The van der Waals surface area contributed by atoms with E-state index in [2.05, 4.69) is 15.3 Å². The first kappa shape index (κ1) is 17.9. The van der Waals surface area contributed by atoms with Gasteiger partial charge in [0, 0.05) is 28.9 Å². The first-order valence-electron chi connectivity index (χ1n) is 8.72. The summed E-state index contributed by atoms with van der Waals surface area (Å²) in [5, 5.41) is 5.23. The van der Waals surface area contributed by atoms with Crippen LogP contribution in [0.3, 0.4) is 0 Å². The fourth-order valence-electron chi connectivity index (χ4n) is 2.73. The number of para-hydroxylation sites is 1. The SMILES string of the molecule is O=C(COc1ccccc1-c1ccccc1)Nc1nc(-c2ccncc2)cs1. The van der Waals surface area contributed by atoms with Gasteiger partial charge in [-0.25, -0.2) is 4.98 Å². The topological polar surface area (TPSA) is 64.1 Å². The minimum atomic E-state index is -0.251. The number of nitrogens with zero attached hydrogens (tertiary/aromatic N) is 2. The average molecular weight is 387 g/mol. The van der Waals surface area contributed by atoms with Crippen molar-refractivity contribution in [3.05, 3.63) is 84.5 Å². The van der Waals surface area contributed by atoms with Crippen LogP contribution in [-0.4, -0.2) is 22.5 Å². The van der Waals surface area contributed by atoms with Gasteiger partial charge in [0.1, 0.15) is 5.75 Å². The number of ether oxygens (including phenoxy) is 1. The minimum absolute atomic E-state index is 0.0893. The predicted molar refractivity (Wildman–Crippen MR) is 111 cm³/mol. The summed E-state index contributed by atoms with van der Waals surface area (Å²) >= 11 is 1.38. The second-order valence-corrected chi connectivity index (χ2v) is 6.83. The largest absolute Gasteiger partial charge is 0.483 e. The number of thiazole rings is 1. The Kier molecular flexibility index (Phi) is 5.40. The Hall–Kier alpha value is -3.51. The number of hydrogen-bond donors (Lipinski definition) is 1. The molecule has 0 bridgehead atoms. The number of rotatable bonds is 6. The van der Waals surface area contributed by atoms with Crippen LogP contribution < -0.4 is 10.1 Å². The van der Waals surface area contributed by atoms with Crippen molar-refractivity contribution in [3.63, 3.8) is 0 Å². The number of anilines is 1. The summed E-state index contributed by atoms with van der Waals surface area (Å²) in [7, 11) is 0. The van der Waals surface area contributed by atoms with Gasteiger partial charge in [-0.15, -0.1) is 11.3 Å². The Labute approximate surface area is 166 Å². The zero-order valence-corrected chi connectivity index (χ0v) is 15.7. The number of aromatic nitrogens is 2. The third kappa shape index (κ3) is 4.24. The summed E-state index contributed by atoms with van der Waals surface area (Å²) in [4.78, 5) is 20.7. The number of amides is 1. The third-order valence-electron chi connectivity index (χ3n) is 4.06. The lowest BCUT2D eigenvalue weighted by atomic mass is 10.1. The molecule has 0 atom stereocenters. The van der Waals surface area contributed by atoms with E-state index in [-0.39, 0.29) is 12.5 Å². The van der Waals surface area contributed by atoms with Crippen molar-refractivity contribution in [2.24, 2.45) is 0 Å². The van der Waals surface area contributed by atoms with Crippen molar-refractivity contribution in [1.82, 2.24) is 9.97 Å². The molecule has 1 N–H and O–H groups in total. The van der Waals surface area contributed by atoms with Crippen LogP contribution in [0.4, 0.5) is 5.13 Å². The lowest BCUT2D eigenvalue weighted by Gasteiger charge is -2.11. The molecular weight excluding hydrogens is 370 g/mol. The molecule has 0 fully saturated rings. The molecule has 0 saturated heterocycles. The van der Waals surface area contributed by atoms with Crippen LogP contribution in [0.2, 0.25) is 0 Å². The maximum atomic E-state index is 12.3. The van der Waals surface area contributed by atoms with E-state index >= 15 is 0 Å². The lowest BCUT2D eigenvalue weighted by molar-refractivity contribution is -0.118. The Morgan fingerprint density at radius 3 is 2.50 bits per heavy atom. The molecule has 0 spiro atoms. The standard InChI is InChI=1S/C22H17N3O2S/c26-21(25-22-24-19(15-28-22)17-10-12-23-13-11-17)14-27-20-9-5-4-8-18(20)16-6-2-1-3-7-16/h1-13,15H,14H2,(H,24,25,26). The number of nitrogens with one attached hydrogen (secondary N) is 1. The molecule has 5 nitrogen and oxygen atoms in total. The molecule has 1 amide bonds. The highest BCUT2D eigenvalue weighted by atomic mass is 32.1. The van der Waals surface area contributed by atoms with Gasteiger partial charge in [0.15, 0.2) is 11.7 Å². The molecule has 2 aromatic carbocycles. The van der Waals surface area contributed by atoms with E-state index in [1.54, 1.807) is 12.4 Å². The quantitative estimate of drug-likeness (QED) is 0.512. The zero-order chi connectivity index (χ0) is 19.2. The molecular formula is C22H17N3O2S. The van der Waals surface area contributed by atoms with Crippen molar-refractivity contribution in [1.29, 1.82) is 0 Å². The van der Waals surface area contributed by atoms with Gasteiger partial charge in [0.25, 0.3) is 5.91 Å². The molecule has 2 heterocycles. The van der Waals surface area contributed by atoms with Gasteiger partial charge >= 0.3 is 0 Å². The number of carbonyl (C=O) groups excluding carboxylic acids is 1. The third-order valence-corrected chi connectivity index (χ3v) is 4.81. The minimum Gasteiger partial charge on any atom is -0.483 e. The smallest absolute Gasteiger partial charge is 0.264 e. The summed E-state index contributed by atoms with van der Waals surface area (Å²) in [6, 6.07) is 21.4. The fourth-order valence-corrected chi connectivity index (χ4v) is 3.47. The van der Waals surface area contributed by atoms with Crippen molar-refractivity contribution in [2.75, 3.05) is 11.9 Å². The molecule has 0 radical (unpaired) electrons. The highest BCUT2D eigenvalue weighted by Gasteiger charge is 2.11. The van der Waals surface area contributed by atoms with Crippen LogP contribution in [0.1, 0.15) is 0 Å². The molecule has 2 aromatic heterocycles. The molecule has 0 aliphatic heterocycles. The Morgan fingerprint density at radius 1 is 0.929 bits per heavy atom. The van der Waals surface area contributed by atoms with Crippen molar-refractivity contribution in [2.45, 2.75) is 0 Å². The molecule has 0 aliphatic rings. The molecule has 0 aliphatic carbocycles. The van der Waals surface area contributed by atoms with E-state index in [1.165, 1.54) is 11.3 Å². The van der Waals surface area contributed by atoms with Gasteiger partial charge < -0.3 is 4.74 Å². The highest BCUT2D eigenvalue weighted by Crippen LogP contribution is 2.29. The number of hydrogen-bond acceptors (Lipinski definition) is 5. The van der Waals surface area contributed by atoms with Crippen molar-refractivity contribution in [3.8, 4) is 28.1 Å². The average Bonchev–Trinajstić information content (AvgIpc) is 3.22. The highest BCUT2D eigenvalue weighted by molar-refractivity contribution is 7.14. The number of pyridine rings is 1. The monoisotopic (exact) mass is 387 g/mol. The predicted octanol–water partition coefficient (Wildman–Crippen LogP) is 4.89. The number of benzene rings is 2. The van der Waals surface area contributed by atoms with E-state index < -0.39 is 0 Å². The first-order chi connectivity index (χ1) is 13.8. The summed E-state index contributed by atoms with van der Waals surface area (Å²) in [6.45, 7) is -0.0893. The van der Waals surface area contributed by atoms with Gasteiger partial charge in [-0.1, -0.05) is 48.5 Å². The van der Waals surface area contributed by atoms with Gasteiger partial charge in [-0.3, -0.25) is 15.1 Å². The van der Waals surface area contributed by atoms with Gasteiger partial charge in [-0.2, -0.15) is 0 Å². The molecule has 28 heavy (non-hydrogen) atoms. The maximum absolute atomic E-state index is 12.3. The molecule has 4 aromatic rings. The number of carbonyl (C=O) groups is 1. The van der Waals surface area contributed by atoms with E-state index in [0.29, 0.717) is 10.9 Å². The maximum Gasteiger partial charge on any atom is 0.264 e. The molecule has 138 valence electrons. The van der Waals surface area contributed by atoms with Crippen LogP contribution >= 0.6 is 11.3 Å². The summed E-state index contributed by atoms with van der Waals surface area (Å²) in [5.74, 6) is 0.416. The van der Waals surface area contributed by atoms with Crippen molar-refractivity contribution >= 4 is 22.4 Å². The first-order valence-corrected chi connectivity index (χ1v) is 9.60. The second-order valence-electron chi connectivity index (χ2n) is 5.97. The molecule has 6 heteroatoms. The zero-order valence-electron chi connectivity index (χ0n) is 14.9. The second kappa shape index (κ2) is 8.45. The Morgan fingerprint density at radius 2 is 1.68 bits per heavy atom. The fraction of sp³-hybridized carbons (Fsp3) is 0.0455. The van der Waals surface area contributed by atoms with Crippen LogP contribution in [0.15, 0.2) is 84.5 Å². The van der Waals surface area contributed by atoms with Crippen LogP contribution in [0, 0.1) is 0 Å². The van der Waals surface area contributed by atoms with Gasteiger partial charge in [0.2, 0.25) is 0 Å². The molecule has 0 saturated carbocycles. The summed E-state index contributed by atoms with van der Waals surface area (Å²) in [5.41, 5.74) is 3.75. The van der Waals surface area contributed by atoms with E-state index in [4.69, 9.17) is 4.74 Å². The Bertz CT molecular complexity index is 1070. The normalized spacial score (nSPS) is 10.4. The van der Waals surface area contributed by atoms with Crippen LogP contribution in [-0.2, 0) is 4.79 Å². The molecule has 0 unspecified atom stereocenters. The van der Waals surface area contributed by atoms with Gasteiger partial charge in [-0.05, 0) is 23.8 Å².